The highest BCUT2D eigenvalue weighted by Gasteiger charge is 2.18. The molecule has 0 heterocycles. The summed E-state index contributed by atoms with van der Waals surface area (Å²) in [5, 5.41) is 2.07. The Kier molecular flexibility index (Phi) is 5.91. The number of rotatable bonds is 5. The molecule has 0 saturated heterocycles. The van der Waals surface area contributed by atoms with Crippen LogP contribution in [0.15, 0.2) is 83.8 Å². The van der Waals surface area contributed by atoms with E-state index in [0.717, 1.165) is 28.3 Å². The van der Waals surface area contributed by atoms with Gasteiger partial charge in [0.25, 0.3) is 0 Å². The molecular weight excluding hydrogens is 388 g/mol. The molecular formula is C27H24O2S. The molecule has 0 aliphatic heterocycles. The van der Waals surface area contributed by atoms with Crippen molar-refractivity contribution in [3.05, 3.63) is 84.4 Å². The van der Waals surface area contributed by atoms with E-state index in [0.29, 0.717) is 5.75 Å². The third-order valence-corrected chi connectivity index (χ3v) is 6.06. The maximum atomic E-state index is 11.9. The molecule has 0 N–H and O–H groups in total. The second-order valence-corrected chi connectivity index (χ2v) is 8.03. The zero-order valence-corrected chi connectivity index (χ0v) is 18.3. The number of thioether (sulfide) groups is 1. The SMILES string of the molecule is CCc1cc(OC(C)=O)c2cc(-c3ccccc3)c(SC)cc2c1-c1ccccc1. The zero-order chi connectivity index (χ0) is 21.1. The summed E-state index contributed by atoms with van der Waals surface area (Å²) in [4.78, 5) is 13.1. The summed E-state index contributed by atoms with van der Waals surface area (Å²) in [6, 6.07) is 27.2. The number of hydrogen-bond acceptors (Lipinski definition) is 3. The number of aryl methyl sites for hydroxylation is 1. The minimum atomic E-state index is -0.305. The third-order valence-electron chi connectivity index (χ3n) is 5.28. The molecule has 4 aromatic carbocycles. The van der Waals surface area contributed by atoms with Gasteiger partial charge < -0.3 is 4.74 Å². The lowest BCUT2D eigenvalue weighted by molar-refractivity contribution is -0.131. The smallest absolute Gasteiger partial charge is 0.308 e. The number of fused-ring (bicyclic) bond motifs is 1. The van der Waals surface area contributed by atoms with Crippen LogP contribution in [-0.4, -0.2) is 12.2 Å². The molecule has 0 radical (unpaired) electrons. The summed E-state index contributed by atoms with van der Waals surface area (Å²) in [7, 11) is 0. The summed E-state index contributed by atoms with van der Waals surface area (Å²) in [6.07, 6.45) is 2.95. The van der Waals surface area contributed by atoms with Crippen molar-refractivity contribution in [2.24, 2.45) is 0 Å². The number of esters is 1. The highest BCUT2D eigenvalue weighted by molar-refractivity contribution is 7.98. The lowest BCUT2D eigenvalue weighted by Crippen LogP contribution is -2.04. The van der Waals surface area contributed by atoms with Crippen LogP contribution in [0.4, 0.5) is 0 Å². The van der Waals surface area contributed by atoms with E-state index >= 15 is 0 Å². The minimum absolute atomic E-state index is 0.305. The van der Waals surface area contributed by atoms with E-state index in [1.807, 2.05) is 30.3 Å². The second kappa shape index (κ2) is 8.76. The molecule has 0 spiro atoms. The van der Waals surface area contributed by atoms with Gasteiger partial charge in [0.15, 0.2) is 0 Å². The molecule has 150 valence electrons. The molecule has 0 aliphatic rings. The molecule has 3 heteroatoms. The van der Waals surface area contributed by atoms with E-state index < -0.39 is 0 Å². The maximum Gasteiger partial charge on any atom is 0.308 e. The Morgan fingerprint density at radius 1 is 0.867 bits per heavy atom. The molecule has 0 atom stereocenters. The Hall–Kier alpha value is -3.04. The fourth-order valence-electron chi connectivity index (χ4n) is 3.95. The monoisotopic (exact) mass is 412 g/mol. The molecule has 0 bridgehead atoms. The molecule has 4 rings (SSSR count). The van der Waals surface area contributed by atoms with Gasteiger partial charge in [-0.15, -0.1) is 11.8 Å². The Morgan fingerprint density at radius 2 is 1.50 bits per heavy atom. The van der Waals surface area contributed by atoms with Crippen LogP contribution in [0, 0.1) is 0 Å². The van der Waals surface area contributed by atoms with Crippen LogP contribution in [0.5, 0.6) is 5.75 Å². The Balaban J connectivity index is 2.11. The summed E-state index contributed by atoms with van der Waals surface area (Å²) in [5.41, 5.74) is 5.85. The van der Waals surface area contributed by atoms with Crippen molar-refractivity contribution in [3.8, 4) is 28.0 Å². The second-order valence-electron chi connectivity index (χ2n) is 7.19. The topological polar surface area (TPSA) is 26.3 Å². The number of carbonyl (C=O) groups excluding carboxylic acids is 1. The van der Waals surface area contributed by atoms with Gasteiger partial charge in [0.05, 0.1) is 0 Å². The van der Waals surface area contributed by atoms with Crippen molar-refractivity contribution < 1.29 is 9.53 Å². The van der Waals surface area contributed by atoms with E-state index in [2.05, 4.69) is 61.7 Å². The van der Waals surface area contributed by atoms with Crippen LogP contribution < -0.4 is 4.74 Å². The highest BCUT2D eigenvalue weighted by Crippen LogP contribution is 2.43. The normalized spacial score (nSPS) is 10.9. The average Bonchev–Trinajstić information content (AvgIpc) is 2.78. The first-order valence-electron chi connectivity index (χ1n) is 10.1. The van der Waals surface area contributed by atoms with E-state index in [9.17, 15) is 4.79 Å². The van der Waals surface area contributed by atoms with E-state index in [-0.39, 0.29) is 5.97 Å². The average molecular weight is 413 g/mol. The van der Waals surface area contributed by atoms with Gasteiger partial charge in [-0.3, -0.25) is 4.79 Å². The summed E-state index contributed by atoms with van der Waals surface area (Å²) in [5.74, 6) is 0.319. The van der Waals surface area contributed by atoms with Crippen molar-refractivity contribution in [3.63, 3.8) is 0 Å². The van der Waals surface area contributed by atoms with Crippen molar-refractivity contribution in [2.45, 2.75) is 25.2 Å². The minimum Gasteiger partial charge on any atom is -0.426 e. The summed E-state index contributed by atoms with van der Waals surface area (Å²) >= 11 is 1.73. The standard InChI is InChI=1S/C27H24O2S/c1-4-19-15-25(29-18(2)28)23-16-22(20-11-7-5-8-12-20)26(30-3)17-24(23)27(19)21-13-9-6-10-14-21/h5-17H,4H2,1-3H3. The lowest BCUT2D eigenvalue weighted by atomic mass is 9.90. The number of hydrogen-bond donors (Lipinski definition) is 0. The maximum absolute atomic E-state index is 11.9. The highest BCUT2D eigenvalue weighted by atomic mass is 32.2. The van der Waals surface area contributed by atoms with Gasteiger partial charge in [-0.05, 0) is 64.1 Å². The first-order chi connectivity index (χ1) is 14.6. The zero-order valence-electron chi connectivity index (χ0n) is 17.4. The molecule has 0 amide bonds. The van der Waals surface area contributed by atoms with Gasteiger partial charge in [0, 0.05) is 17.2 Å². The van der Waals surface area contributed by atoms with Crippen LogP contribution >= 0.6 is 11.8 Å². The van der Waals surface area contributed by atoms with Crippen molar-refractivity contribution in [2.75, 3.05) is 6.26 Å². The Bertz CT molecular complexity index is 1200. The van der Waals surface area contributed by atoms with E-state index in [1.54, 1.807) is 11.8 Å². The van der Waals surface area contributed by atoms with Crippen molar-refractivity contribution in [1.29, 1.82) is 0 Å². The van der Waals surface area contributed by atoms with Crippen molar-refractivity contribution in [1.82, 2.24) is 0 Å². The Morgan fingerprint density at radius 3 is 2.07 bits per heavy atom. The van der Waals surface area contributed by atoms with Gasteiger partial charge in [-0.25, -0.2) is 0 Å². The number of ether oxygens (including phenoxy) is 1. The predicted octanol–water partition coefficient (Wildman–Crippen LogP) is 7.38. The number of carbonyl (C=O) groups is 1. The summed E-state index contributed by atoms with van der Waals surface area (Å²) < 4.78 is 5.68. The molecule has 0 fully saturated rings. The van der Waals surface area contributed by atoms with Crippen LogP contribution in [0.2, 0.25) is 0 Å². The molecule has 30 heavy (non-hydrogen) atoms. The van der Waals surface area contributed by atoms with Gasteiger partial charge in [0.1, 0.15) is 5.75 Å². The van der Waals surface area contributed by atoms with Gasteiger partial charge in [0.2, 0.25) is 0 Å². The van der Waals surface area contributed by atoms with Gasteiger partial charge in [-0.2, -0.15) is 0 Å². The molecule has 2 nitrogen and oxygen atoms in total. The summed E-state index contributed by atoms with van der Waals surface area (Å²) in [6.45, 7) is 3.59. The van der Waals surface area contributed by atoms with Crippen molar-refractivity contribution >= 4 is 28.5 Å². The fourth-order valence-corrected chi connectivity index (χ4v) is 4.58. The van der Waals surface area contributed by atoms with Gasteiger partial charge >= 0.3 is 5.97 Å². The third kappa shape index (κ3) is 3.86. The van der Waals surface area contributed by atoms with E-state index in [1.165, 1.54) is 28.5 Å². The van der Waals surface area contributed by atoms with Crippen LogP contribution in [0.25, 0.3) is 33.0 Å². The molecule has 0 aromatic heterocycles. The van der Waals surface area contributed by atoms with Crippen LogP contribution in [0.1, 0.15) is 19.4 Å². The van der Waals surface area contributed by atoms with Crippen LogP contribution in [-0.2, 0) is 11.2 Å². The molecule has 0 saturated carbocycles. The largest absolute Gasteiger partial charge is 0.426 e. The predicted molar refractivity (Wildman–Crippen MR) is 127 cm³/mol. The molecule has 0 unspecified atom stereocenters. The Labute approximate surface area is 181 Å². The first-order valence-corrected chi connectivity index (χ1v) is 11.3. The van der Waals surface area contributed by atoms with Crippen LogP contribution in [0.3, 0.4) is 0 Å². The lowest BCUT2D eigenvalue weighted by Gasteiger charge is -2.19. The molecule has 4 aromatic rings. The van der Waals surface area contributed by atoms with E-state index in [4.69, 9.17) is 4.74 Å². The van der Waals surface area contributed by atoms with Gasteiger partial charge in [-0.1, -0.05) is 67.6 Å². The molecule has 0 aliphatic carbocycles. The quantitative estimate of drug-likeness (QED) is 0.194. The fraction of sp³-hybridized carbons (Fsp3) is 0.148. The first kappa shape index (κ1) is 20.2. The number of benzene rings is 4.